The molecule has 0 unspecified atom stereocenters. The Morgan fingerprint density at radius 3 is 2.55 bits per heavy atom. The molecule has 0 N–H and O–H groups in total. The molecule has 5 nitrogen and oxygen atoms in total. The third kappa shape index (κ3) is 5.31. The summed E-state index contributed by atoms with van der Waals surface area (Å²) in [6.07, 6.45) is 1.68. The van der Waals surface area contributed by atoms with Gasteiger partial charge in [0.2, 0.25) is 0 Å². The summed E-state index contributed by atoms with van der Waals surface area (Å²) in [4.78, 5) is 0. The quantitative estimate of drug-likeness (QED) is 0.302. The highest BCUT2D eigenvalue weighted by atomic mass is 79.9. The predicted molar refractivity (Wildman–Crippen MR) is 117 cm³/mol. The van der Waals surface area contributed by atoms with Gasteiger partial charge in [0.05, 0.1) is 12.8 Å². The molecule has 0 spiro atoms. The Balaban J connectivity index is 1.50. The fourth-order valence-corrected chi connectivity index (χ4v) is 3.94. The number of halogens is 1. The normalized spacial score (nSPS) is 11.0. The Bertz CT molecular complexity index is 978. The van der Waals surface area contributed by atoms with Crippen LogP contribution in [0.25, 0.3) is 0 Å². The van der Waals surface area contributed by atoms with Gasteiger partial charge < -0.3 is 9.15 Å². The van der Waals surface area contributed by atoms with Gasteiger partial charge in [-0.3, -0.25) is 4.57 Å². The number of aromatic nitrogens is 3. The van der Waals surface area contributed by atoms with Gasteiger partial charge in [0.25, 0.3) is 0 Å². The van der Waals surface area contributed by atoms with Crippen molar-refractivity contribution in [1.82, 2.24) is 14.8 Å². The minimum Gasteiger partial charge on any atom is -0.486 e. The van der Waals surface area contributed by atoms with Crippen LogP contribution in [0.2, 0.25) is 0 Å². The van der Waals surface area contributed by atoms with Crippen LogP contribution in [0, 0.1) is 6.92 Å². The van der Waals surface area contributed by atoms with Gasteiger partial charge in [-0.2, -0.15) is 0 Å². The van der Waals surface area contributed by atoms with Crippen LogP contribution in [-0.4, -0.2) is 14.8 Å². The van der Waals surface area contributed by atoms with E-state index in [-0.39, 0.29) is 0 Å². The van der Waals surface area contributed by atoms with E-state index in [1.165, 1.54) is 11.1 Å². The van der Waals surface area contributed by atoms with Crippen LogP contribution < -0.4 is 4.74 Å². The number of furan rings is 1. The molecule has 0 aliphatic heterocycles. The molecule has 0 aliphatic rings. The molecule has 0 fully saturated rings. The lowest BCUT2D eigenvalue weighted by Gasteiger charge is -2.10. The zero-order valence-corrected chi connectivity index (χ0v) is 18.3. The van der Waals surface area contributed by atoms with Gasteiger partial charge in [-0.1, -0.05) is 57.5 Å². The summed E-state index contributed by atoms with van der Waals surface area (Å²) in [5.41, 5.74) is 2.42. The van der Waals surface area contributed by atoms with Crippen molar-refractivity contribution in [2.45, 2.75) is 31.0 Å². The average Bonchev–Trinajstić information content (AvgIpc) is 3.38. The van der Waals surface area contributed by atoms with E-state index in [0.29, 0.717) is 13.2 Å². The molecule has 7 heteroatoms. The maximum Gasteiger partial charge on any atom is 0.192 e. The van der Waals surface area contributed by atoms with Crippen molar-refractivity contribution < 1.29 is 9.15 Å². The Hall–Kier alpha value is -2.51. The third-order valence-corrected chi connectivity index (χ3v) is 5.92. The van der Waals surface area contributed by atoms with E-state index in [1.807, 2.05) is 48.5 Å². The van der Waals surface area contributed by atoms with Gasteiger partial charge in [-0.05, 0) is 48.9 Å². The van der Waals surface area contributed by atoms with Crippen LogP contribution in [0.1, 0.15) is 22.7 Å². The van der Waals surface area contributed by atoms with E-state index in [2.05, 4.69) is 49.8 Å². The fourth-order valence-electron chi connectivity index (χ4n) is 2.76. The maximum atomic E-state index is 5.93. The summed E-state index contributed by atoms with van der Waals surface area (Å²) in [6, 6.07) is 20.1. The van der Waals surface area contributed by atoms with E-state index >= 15 is 0 Å². The van der Waals surface area contributed by atoms with Gasteiger partial charge in [0.1, 0.15) is 18.1 Å². The van der Waals surface area contributed by atoms with Crippen molar-refractivity contribution >= 4 is 27.7 Å². The monoisotopic (exact) mass is 469 g/mol. The van der Waals surface area contributed by atoms with Gasteiger partial charge >= 0.3 is 0 Å². The molecule has 4 aromatic rings. The molecule has 0 saturated carbocycles. The number of hydrogen-bond acceptors (Lipinski definition) is 5. The number of aryl methyl sites for hydroxylation is 1. The molecule has 29 heavy (non-hydrogen) atoms. The first-order chi connectivity index (χ1) is 14.2. The van der Waals surface area contributed by atoms with E-state index in [4.69, 9.17) is 9.15 Å². The molecule has 2 aromatic heterocycles. The van der Waals surface area contributed by atoms with Crippen LogP contribution in [0.15, 0.2) is 81.0 Å². The van der Waals surface area contributed by atoms with E-state index in [1.54, 1.807) is 18.0 Å². The Kier molecular flexibility index (Phi) is 6.36. The highest BCUT2D eigenvalue weighted by molar-refractivity contribution is 9.10. The van der Waals surface area contributed by atoms with Crippen molar-refractivity contribution in [2.24, 2.45) is 0 Å². The minimum atomic E-state index is 0.343. The van der Waals surface area contributed by atoms with Gasteiger partial charge in [-0.25, -0.2) is 0 Å². The zero-order valence-electron chi connectivity index (χ0n) is 15.9. The summed E-state index contributed by atoms with van der Waals surface area (Å²) in [5.74, 6) is 3.24. The third-order valence-electron chi connectivity index (χ3n) is 4.36. The average molecular weight is 470 g/mol. The van der Waals surface area contributed by atoms with E-state index in [9.17, 15) is 0 Å². The highest BCUT2D eigenvalue weighted by Gasteiger charge is 2.15. The van der Waals surface area contributed by atoms with Crippen LogP contribution in [0.4, 0.5) is 0 Å². The summed E-state index contributed by atoms with van der Waals surface area (Å²) in [7, 11) is 0. The number of thioether (sulfide) groups is 1. The highest BCUT2D eigenvalue weighted by Crippen LogP contribution is 2.24. The van der Waals surface area contributed by atoms with E-state index < -0.39 is 0 Å². The molecule has 0 aliphatic carbocycles. The summed E-state index contributed by atoms with van der Waals surface area (Å²) < 4.78 is 14.6. The number of ether oxygens (including phenoxy) is 1. The number of hydrogen-bond donors (Lipinski definition) is 0. The van der Waals surface area contributed by atoms with Crippen molar-refractivity contribution in [3.63, 3.8) is 0 Å². The molecular formula is C22H20BrN3O2S. The molecular weight excluding hydrogens is 450 g/mol. The predicted octanol–water partition coefficient (Wildman–Crippen LogP) is 5.86. The second-order valence-corrected chi connectivity index (χ2v) is 8.44. The molecule has 2 heterocycles. The van der Waals surface area contributed by atoms with Crippen molar-refractivity contribution in [3.8, 4) is 5.75 Å². The summed E-state index contributed by atoms with van der Waals surface area (Å²) in [5, 5.41) is 9.61. The molecule has 0 atom stereocenters. The molecule has 0 radical (unpaired) electrons. The first kappa shape index (κ1) is 19.8. The first-order valence-corrected chi connectivity index (χ1v) is 11.0. The lowest BCUT2D eigenvalue weighted by atomic mass is 10.2. The maximum absolute atomic E-state index is 5.93. The first-order valence-electron chi connectivity index (χ1n) is 9.18. The topological polar surface area (TPSA) is 53.1 Å². The molecule has 2 aromatic carbocycles. The van der Waals surface area contributed by atoms with Crippen LogP contribution in [0.3, 0.4) is 0 Å². The van der Waals surface area contributed by atoms with Crippen molar-refractivity contribution in [2.75, 3.05) is 0 Å². The molecule has 4 rings (SSSR count). The number of rotatable bonds is 8. The summed E-state index contributed by atoms with van der Waals surface area (Å²) >= 11 is 5.12. The van der Waals surface area contributed by atoms with Crippen LogP contribution >= 0.6 is 27.7 Å². The SMILES string of the molecule is Cc1ccc(OCc2nnc(SCc3ccc(Br)cc3)n2Cc2ccco2)cc1. The number of nitrogens with zero attached hydrogens (tertiary/aromatic N) is 3. The minimum absolute atomic E-state index is 0.343. The standard InChI is InChI=1S/C22H20BrN3O2S/c1-16-4-10-19(11-5-16)28-14-21-24-25-22(26(21)13-20-3-2-12-27-20)29-15-17-6-8-18(23)9-7-17/h2-12H,13-15H2,1H3. The van der Waals surface area contributed by atoms with Crippen molar-refractivity contribution in [1.29, 1.82) is 0 Å². The molecule has 0 amide bonds. The largest absolute Gasteiger partial charge is 0.486 e. The van der Waals surface area contributed by atoms with Gasteiger partial charge in [0.15, 0.2) is 11.0 Å². The number of benzene rings is 2. The Morgan fingerprint density at radius 1 is 1.03 bits per heavy atom. The Labute approximate surface area is 182 Å². The fraction of sp³-hybridized carbons (Fsp3) is 0.182. The molecule has 0 saturated heterocycles. The summed E-state index contributed by atoms with van der Waals surface area (Å²) in [6.45, 7) is 2.96. The lowest BCUT2D eigenvalue weighted by Crippen LogP contribution is -2.09. The Morgan fingerprint density at radius 2 is 1.83 bits per heavy atom. The smallest absolute Gasteiger partial charge is 0.192 e. The molecule has 0 bridgehead atoms. The van der Waals surface area contributed by atoms with Crippen LogP contribution in [0.5, 0.6) is 5.75 Å². The lowest BCUT2D eigenvalue weighted by molar-refractivity contribution is 0.287. The van der Waals surface area contributed by atoms with E-state index in [0.717, 1.165) is 32.7 Å². The van der Waals surface area contributed by atoms with Gasteiger partial charge in [-0.15, -0.1) is 10.2 Å². The second-order valence-electron chi connectivity index (χ2n) is 6.58. The zero-order chi connectivity index (χ0) is 20.1. The molecule has 148 valence electrons. The van der Waals surface area contributed by atoms with Crippen LogP contribution in [-0.2, 0) is 18.9 Å². The second kappa shape index (κ2) is 9.33. The van der Waals surface area contributed by atoms with Gasteiger partial charge in [0, 0.05) is 10.2 Å². The van der Waals surface area contributed by atoms with Crippen molar-refractivity contribution in [3.05, 3.63) is 94.1 Å².